The second kappa shape index (κ2) is 11.9. The molecule has 0 unspecified atom stereocenters. The highest BCUT2D eigenvalue weighted by Crippen LogP contribution is 2.29. The van der Waals surface area contributed by atoms with Crippen molar-refractivity contribution in [2.24, 2.45) is 0 Å². The van der Waals surface area contributed by atoms with Crippen molar-refractivity contribution in [1.29, 1.82) is 0 Å². The number of pyridine rings is 1. The third-order valence-electron chi connectivity index (χ3n) is 6.69. The molecule has 4 rings (SSSR count). The van der Waals surface area contributed by atoms with E-state index in [1.54, 1.807) is 25.3 Å². The van der Waals surface area contributed by atoms with E-state index >= 15 is 0 Å². The number of carbonyl (C=O) groups excluding carboxylic acids is 2. The number of fused-ring (bicyclic) bond motifs is 1. The molecule has 2 amide bonds. The monoisotopic (exact) mass is 505 g/mol. The fourth-order valence-electron chi connectivity index (χ4n) is 4.47. The highest BCUT2D eigenvalue weighted by molar-refractivity contribution is 5.98. The third-order valence-corrected chi connectivity index (χ3v) is 6.69. The lowest BCUT2D eigenvalue weighted by Crippen LogP contribution is -2.46. The average molecular weight is 506 g/mol. The van der Waals surface area contributed by atoms with Gasteiger partial charge in [0.15, 0.2) is 0 Å². The van der Waals surface area contributed by atoms with Gasteiger partial charge in [0.05, 0.1) is 25.4 Å². The number of methoxy groups -OCH3 is 2. The third kappa shape index (κ3) is 6.48. The molecule has 0 bridgehead atoms. The van der Waals surface area contributed by atoms with Gasteiger partial charge < -0.3 is 29.9 Å². The van der Waals surface area contributed by atoms with Crippen LogP contribution in [0.25, 0.3) is 10.9 Å². The Morgan fingerprint density at radius 1 is 0.919 bits per heavy atom. The van der Waals surface area contributed by atoms with Gasteiger partial charge in [0.1, 0.15) is 17.3 Å². The number of rotatable bonds is 9. The summed E-state index contributed by atoms with van der Waals surface area (Å²) in [6.45, 7) is 9.38. The van der Waals surface area contributed by atoms with Crippen molar-refractivity contribution in [3.05, 3.63) is 48.0 Å². The zero-order valence-electron chi connectivity index (χ0n) is 22.0. The Hall–Kier alpha value is -3.85. The number of hydrogen-bond acceptors (Lipinski definition) is 7. The molecule has 0 radical (unpaired) electrons. The molecule has 2 aromatic carbocycles. The topological polar surface area (TPSA) is 96.0 Å². The number of nitrogens with zero attached hydrogens (tertiary/aromatic N) is 3. The molecule has 1 saturated heterocycles. The van der Waals surface area contributed by atoms with Gasteiger partial charge in [-0.25, -0.2) is 4.98 Å². The molecule has 9 heteroatoms. The maximum absolute atomic E-state index is 12.6. The Labute approximate surface area is 217 Å². The summed E-state index contributed by atoms with van der Waals surface area (Å²) in [5, 5.41) is 6.69. The van der Waals surface area contributed by atoms with E-state index in [0.717, 1.165) is 55.0 Å². The van der Waals surface area contributed by atoms with Crippen LogP contribution < -0.4 is 25.0 Å². The van der Waals surface area contributed by atoms with Crippen LogP contribution in [0, 0.1) is 6.92 Å². The van der Waals surface area contributed by atoms with Crippen molar-refractivity contribution in [3.63, 3.8) is 0 Å². The lowest BCUT2D eigenvalue weighted by Gasteiger charge is -2.35. The van der Waals surface area contributed by atoms with E-state index in [-0.39, 0.29) is 24.7 Å². The molecule has 1 aliphatic heterocycles. The number of aromatic nitrogens is 1. The van der Waals surface area contributed by atoms with Crippen LogP contribution >= 0.6 is 0 Å². The molecule has 0 saturated carbocycles. The van der Waals surface area contributed by atoms with Crippen molar-refractivity contribution < 1.29 is 19.1 Å². The maximum Gasteiger partial charge on any atom is 0.224 e. The van der Waals surface area contributed by atoms with Crippen molar-refractivity contribution in [2.75, 3.05) is 62.5 Å². The number of benzene rings is 2. The van der Waals surface area contributed by atoms with Crippen LogP contribution in [0.3, 0.4) is 0 Å². The van der Waals surface area contributed by atoms with Gasteiger partial charge in [-0.3, -0.25) is 9.59 Å². The lowest BCUT2D eigenvalue weighted by atomic mass is 10.1. The van der Waals surface area contributed by atoms with Gasteiger partial charge in [0.2, 0.25) is 11.8 Å². The summed E-state index contributed by atoms with van der Waals surface area (Å²) in [4.78, 5) is 34.6. The van der Waals surface area contributed by atoms with Crippen LogP contribution in [-0.4, -0.2) is 68.6 Å². The van der Waals surface area contributed by atoms with Crippen LogP contribution in [0.2, 0.25) is 0 Å². The van der Waals surface area contributed by atoms with Crippen molar-refractivity contribution in [1.82, 2.24) is 9.88 Å². The number of likely N-dealkylation sites (N-methyl/N-ethyl adjacent to an activating group) is 1. The minimum atomic E-state index is -0.274. The number of aryl methyl sites for hydroxylation is 1. The molecule has 0 spiro atoms. The van der Waals surface area contributed by atoms with Gasteiger partial charge >= 0.3 is 0 Å². The summed E-state index contributed by atoms with van der Waals surface area (Å²) < 4.78 is 10.5. The Balaban J connectivity index is 1.34. The Kier molecular flexibility index (Phi) is 8.45. The molecule has 3 aromatic rings. The van der Waals surface area contributed by atoms with Crippen LogP contribution in [0.1, 0.15) is 25.3 Å². The molecule has 0 atom stereocenters. The molecule has 0 aliphatic carbocycles. The number of ether oxygens (including phenoxy) is 2. The van der Waals surface area contributed by atoms with Gasteiger partial charge in [-0.15, -0.1) is 0 Å². The number of piperazine rings is 1. The zero-order chi connectivity index (χ0) is 26.4. The van der Waals surface area contributed by atoms with Crippen LogP contribution in [0.5, 0.6) is 11.5 Å². The van der Waals surface area contributed by atoms with E-state index in [4.69, 9.17) is 14.5 Å². The fourth-order valence-corrected chi connectivity index (χ4v) is 4.47. The number of nitrogens with one attached hydrogen (secondary N) is 2. The largest absolute Gasteiger partial charge is 0.497 e. The van der Waals surface area contributed by atoms with Crippen molar-refractivity contribution in [3.8, 4) is 11.5 Å². The summed E-state index contributed by atoms with van der Waals surface area (Å²) >= 11 is 0. The van der Waals surface area contributed by atoms with E-state index in [9.17, 15) is 9.59 Å². The van der Waals surface area contributed by atoms with E-state index in [0.29, 0.717) is 22.9 Å². The average Bonchev–Trinajstić information content (AvgIpc) is 2.92. The smallest absolute Gasteiger partial charge is 0.224 e. The first-order valence-electron chi connectivity index (χ1n) is 12.6. The minimum absolute atomic E-state index is 0.0455. The fraction of sp³-hybridized carbons (Fsp3) is 0.393. The van der Waals surface area contributed by atoms with E-state index in [1.165, 1.54) is 7.11 Å². The van der Waals surface area contributed by atoms with Crippen LogP contribution in [-0.2, 0) is 9.59 Å². The molecular formula is C28H35N5O4. The van der Waals surface area contributed by atoms with Crippen LogP contribution in [0.4, 0.5) is 17.2 Å². The highest BCUT2D eigenvalue weighted by Gasteiger charge is 2.18. The molecule has 1 fully saturated rings. The standard InChI is InChI=1S/C28H35N5O4/c1-5-32-12-14-33(15-13-32)26-16-19(2)22-17-20(6-8-23(22)30-26)29-27(34)10-11-28(35)31-24-9-7-21(36-3)18-25(24)37-4/h6-9,16-18H,5,10-15H2,1-4H3,(H,29,34)(H,31,35). The number of carbonyl (C=O) groups is 2. The molecular weight excluding hydrogens is 470 g/mol. The molecule has 2 N–H and O–H groups in total. The normalized spacial score (nSPS) is 13.9. The van der Waals surface area contributed by atoms with Crippen molar-refractivity contribution >= 4 is 39.9 Å². The number of amides is 2. The Morgan fingerprint density at radius 3 is 2.32 bits per heavy atom. The van der Waals surface area contributed by atoms with Gasteiger partial charge in [-0.05, 0) is 55.4 Å². The number of anilines is 3. The van der Waals surface area contributed by atoms with Gasteiger partial charge in [-0.1, -0.05) is 6.92 Å². The molecule has 196 valence electrons. The molecule has 9 nitrogen and oxygen atoms in total. The van der Waals surface area contributed by atoms with Crippen molar-refractivity contribution in [2.45, 2.75) is 26.7 Å². The number of hydrogen-bond donors (Lipinski definition) is 2. The summed E-state index contributed by atoms with van der Waals surface area (Å²) in [5.74, 6) is 1.61. The summed E-state index contributed by atoms with van der Waals surface area (Å²) in [7, 11) is 3.08. The molecule has 1 aliphatic rings. The first kappa shape index (κ1) is 26.2. The van der Waals surface area contributed by atoms with Gasteiger partial charge in [0.25, 0.3) is 0 Å². The predicted molar refractivity (Wildman–Crippen MR) is 147 cm³/mol. The maximum atomic E-state index is 12.6. The first-order chi connectivity index (χ1) is 17.9. The van der Waals surface area contributed by atoms with Gasteiger partial charge in [-0.2, -0.15) is 0 Å². The minimum Gasteiger partial charge on any atom is -0.497 e. The Bertz CT molecular complexity index is 1270. The molecule has 37 heavy (non-hydrogen) atoms. The lowest BCUT2D eigenvalue weighted by molar-refractivity contribution is -0.121. The highest BCUT2D eigenvalue weighted by atomic mass is 16.5. The second-order valence-electron chi connectivity index (χ2n) is 9.11. The molecule has 1 aromatic heterocycles. The molecule has 2 heterocycles. The van der Waals surface area contributed by atoms with Gasteiger partial charge in [0, 0.05) is 56.2 Å². The Morgan fingerprint density at radius 2 is 1.65 bits per heavy atom. The van der Waals surface area contributed by atoms with E-state index in [2.05, 4.69) is 40.3 Å². The predicted octanol–water partition coefficient (Wildman–Crippen LogP) is 4.06. The zero-order valence-corrected chi connectivity index (χ0v) is 22.0. The van der Waals surface area contributed by atoms with E-state index in [1.807, 2.05) is 18.2 Å². The van der Waals surface area contributed by atoms with Crippen LogP contribution in [0.15, 0.2) is 42.5 Å². The SMILES string of the molecule is CCN1CCN(c2cc(C)c3cc(NC(=O)CCC(=O)Nc4ccc(OC)cc4OC)ccc3n2)CC1. The van der Waals surface area contributed by atoms with E-state index < -0.39 is 0 Å². The summed E-state index contributed by atoms with van der Waals surface area (Å²) in [6.07, 6.45) is 0.103. The quantitative estimate of drug-likeness (QED) is 0.453. The summed E-state index contributed by atoms with van der Waals surface area (Å²) in [5.41, 5.74) is 3.22. The first-order valence-corrected chi connectivity index (χ1v) is 12.6. The second-order valence-corrected chi connectivity index (χ2v) is 9.11. The summed E-state index contributed by atoms with van der Waals surface area (Å²) in [6, 6.07) is 13.0.